The number of halogens is 1. The third-order valence-electron chi connectivity index (χ3n) is 3.70. The van der Waals surface area contributed by atoms with Gasteiger partial charge in [0, 0.05) is 0 Å². The Bertz CT molecular complexity index is 744. The van der Waals surface area contributed by atoms with E-state index in [2.05, 4.69) is 15.3 Å². The van der Waals surface area contributed by atoms with E-state index in [1.54, 1.807) is 0 Å². The van der Waals surface area contributed by atoms with Gasteiger partial charge in [-0.25, -0.2) is 4.39 Å². The smallest absolute Gasteiger partial charge is 0.326 e. The molecule has 0 aromatic carbocycles. The number of anilines is 3. The fourth-order valence-corrected chi connectivity index (χ4v) is 3.72. The van der Waals surface area contributed by atoms with Crippen molar-refractivity contribution in [1.82, 2.24) is 9.97 Å². The van der Waals surface area contributed by atoms with Crippen molar-refractivity contribution < 1.29 is 18.7 Å². The van der Waals surface area contributed by atoms with Gasteiger partial charge in [0.1, 0.15) is 11.5 Å². The maximum Gasteiger partial charge on any atom is 0.326 e. The van der Waals surface area contributed by atoms with Crippen molar-refractivity contribution in [2.45, 2.75) is 12.5 Å². The molecule has 11 heteroatoms. The number of nitrogen functional groups attached to an aromatic ring is 1. The maximum atomic E-state index is 14.2. The zero-order valence-corrected chi connectivity index (χ0v) is 12.3. The van der Waals surface area contributed by atoms with Gasteiger partial charge in [-0.1, -0.05) is 0 Å². The van der Waals surface area contributed by atoms with Gasteiger partial charge in [0.05, 0.1) is 18.9 Å². The van der Waals surface area contributed by atoms with Crippen LogP contribution in [0.1, 0.15) is 6.42 Å². The second-order valence-electron chi connectivity index (χ2n) is 5.36. The third-order valence-corrected chi connectivity index (χ3v) is 4.65. The Morgan fingerprint density at radius 3 is 2.95 bits per heavy atom. The lowest BCUT2D eigenvalue weighted by atomic mass is 10.1. The molecule has 0 unspecified atom stereocenters. The molecule has 0 fully saturated rings. The summed E-state index contributed by atoms with van der Waals surface area (Å²) in [7, 11) is -4.22. The van der Waals surface area contributed by atoms with Crippen LogP contribution in [-0.4, -0.2) is 38.6 Å². The van der Waals surface area contributed by atoms with E-state index >= 15 is 0 Å². The zero-order chi connectivity index (χ0) is 16.1. The molecule has 3 rings (SSSR count). The molecule has 0 bridgehead atoms. The predicted molar refractivity (Wildman–Crippen MR) is 78.2 cm³/mol. The first-order valence-electron chi connectivity index (χ1n) is 6.56. The molecule has 0 radical (unpaired) electrons. The summed E-state index contributed by atoms with van der Waals surface area (Å²) in [6, 6.07) is -0.723. The lowest BCUT2D eigenvalue weighted by Crippen LogP contribution is -2.35. The first-order chi connectivity index (χ1) is 10.2. The number of H-pyrrole nitrogens is 1. The summed E-state index contributed by atoms with van der Waals surface area (Å²) in [5.41, 5.74) is 5.27. The van der Waals surface area contributed by atoms with Gasteiger partial charge in [-0.3, -0.25) is 14.3 Å². The molecule has 1 aromatic heterocycles. The summed E-state index contributed by atoms with van der Waals surface area (Å²) in [6.07, 6.45) is 1.01. The van der Waals surface area contributed by atoms with E-state index in [4.69, 9.17) is 15.5 Å². The molecule has 2 aliphatic rings. The molecular formula is C11H15FN5O4P. The summed E-state index contributed by atoms with van der Waals surface area (Å²) in [5.74, 6) is -0.888. The van der Waals surface area contributed by atoms with Gasteiger partial charge in [-0.05, 0) is 18.4 Å². The molecule has 22 heavy (non-hydrogen) atoms. The molecule has 1 aromatic rings. The monoisotopic (exact) mass is 331 g/mol. The quantitative estimate of drug-likeness (QED) is 0.485. The normalized spacial score (nSPS) is 24.1. The predicted octanol–water partition coefficient (Wildman–Crippen LogP) is -0.0389. The van der Waals surface area contributed by atoms with Gasteiger partial charge in [0.15, 0.2) is 5.82 Å². The number of fused-ring (bicyclic) bond motifs is 1. The summed E-state index contributed by atoms with van der Waals surface area (Å²) in [6.45, 7) is 0.170. The lowest BCUT2D eigenvalue weighted by Gasteiger charge is -2.25. The van der Waals surface area contributed by atoms with Crippen LogP contribution in [0.5, 0.6) is 0 Å². The van der Waals surface area contributed by atoms with E-state index in [0.29, 0.717) is 0 Å². The van der Waals surface area contributed by atoms with Crippen LogP contribution in [0.15, 0.2) is 16.7 Å². The van der Waals surface area contributed by atoms with Crippen LogP contribution in [0.25, 0.3) is 0 Å². The van der Waals surface area contributed by atoms with Crippen LogP contribution < -0.4 is 21.5 Å². The standard InChI is InChI=1S/C11H15FN5O4P/c12-6-1-5(3-22(19,20)21)2-7(6)17-4-14-8-9(17)15-11(13)16-10(8)18/h1,5,7,14H,2-4H2,(H2,19,20,21)(H3,13,15,16,18)/t5-,7-/m1/s1. The number of nitrogens with zero attached hydrogens (tertiary/aromatic N) is 2. The number of nitrogens with one attached hydrogen (secondary N) is 2. The third kappa shape index (κ3) is 2.72. The van der Waals surface area contributed by atoms with Gasteiger partial charge in [-0.2, -0.15) is 4.98 Å². The molecule has 0 saturated carbocycles. The summed E-state index contributed by atoms with van der Waals surface area (Å²) in [4.78, 5) is 37.7. The first kappa shape index (κ1) is 15.0. The van der Waals surface area contributed by atoms with Gasteiger partial charge < -0.3 is 25.7 Å². The Morgan fingerprint density at radius 2 is 2.27 bits per heavy atom. The Balaban J connectivity index is 1.86. The molecule has 0 amide bonds. The second-order valence-corrected chi connectivity index (χ2v) is 7.06. The SMILES string of the molecule is Nc1nc2c(c(=O)[nH]1)NCN2[C@@H]1C[C@H](CP(=O)(O)O)C=C1F. The Labute approximate surface area is 124 Å². The Kier molecular flexibility index (Phi) is 3.47. The van der Waals surface area contributed by atoms with Crippen LogP contribution in [-0.2, 0) is 4.57 Å². The van der Waals surface area contributed by atoms with Crippen LogP contribution >= 0.6 is 7.60 Å². The van der Waals surface area contributed by atoms with Crippen molar-refractivity contribution >= 4 is 25.0 Å². The van der Waals surface area contributed by atoms with E-state index in [9.17, 15) is 13.8 Å². The number of hydrogen-bond donors (Lipinski definition) is 5. The van der Waals surface area contributed by atoms with E-state index in [1.807, 2.05) is 0 Å². The van der Waals surface area contributed by atoms with Gasteiger partial charge >= 0.3 is 7.60 Å². The molecule has 1 aliphatic heterocycles. The van der Waals surface area contributed by atoms with Crippen LogP contribution in [0, 0.1) is 5.92 Å². The molecule has 9 nitrogen and oxygen atoms in total. The van der Waals surface area contributed by atoms with Crippen molar-refractivity contribution in [3.63, 3.8) is 0 Å². The van der Waals surface area contributed by atoms with E-state index < -0.39 is 37.1 Å². The summed E-state index contributed by atoms with van der Waals surface area (Å²) in [5, 5.41) is 2.82. The number of aromatic nitrogens is 2. The minimum absolute atomic E-state index is 0.0772. The molecule has 1 aliphatic carbocycles. The molecule has 0 spiro atoms. The molecular weight excluding hydrogens is 316 g/mol. The Morgan fingerprint density at radius 1 is 1.55 bits per heavy atom. The van der Waals surface area contributed by atoms with Crippen molar-refractivity contribution in [3.05, 3.63) is 22.3 Å². The van der Waals surface area contributed by atoms with Crippen molar-refractivity contribution in [3.8, 4) is 0 Å². The van der Waals surface area contributed by atoms with Crippen LogP contribution in [0.2, 0.25) is 0 Å². The lowest BCUT2D eigenvalue weighted by molar-refractivity contribution is 0.365. The fraction of sp³-hybridized carbons (Fsp3) is 0.455. The van der Waals surface area contributed by atoms with E-state index in [0.717, 1.165) is 0 Å². The Hall–Kier alpha value is -1.90. The van der Waals surface area contributed by atoms with E-state index in [-0.39, 0.29) is 30.5 Å². The fourth-order valence-electron chi connectivity index (χ4n) is 2.85. The number of allylic oxidation sites excluding steroid dienone is 1. The van der Waals surface area contributed by atoms with Crippen LogP contribution in [0.4, 0.5) is 21.8 Å². The number of hydrogen-bond acceptors (Lipinski definition) is 6. The van der Waals surface area contributed by atoms with Gasteiger partial charge in [0.2, 0.25) is 5.95 Å². The highest BCUT2D eigenvalue weighted by Gasteiger charge is 2.38. The zero-order valence-electron chi connectivity index (χ0n) is 11.4. The molecule has 6 N–H and O–H groups in total. The molecule has 0 saturated heterocycles. The highest BCUT2D eigenvalue weighted by molar-refractivity contribution is 7.51. The molecule has 2 heterocycles. The molecule has 2 atom stereocenters. The number of aromatic amines is 1. The van der Waals surface area contributed by atoms with Crippen LogP contribution in [0.3, 0.4) is 0 Å². The van der Waals surface area contributed by atoms with Gasteiger partial charge in [0.25, 0.3) is 5.56 Å². The second kappa shape index (κ2) is 5.08. The highest BCUT2D eigenvalue weighted by atomic mass is 31.2. The number of rotatable bonds is 3. The number of nitrogens with two attached hydrogens (primary N) is 1. The summed E-state index contributed by atoms with van der Waals surface area (Å²) < 4.78 is 25.2. The molecule has 120 valence electrons. The highest BCUT2D eigenvalue weighted by Crippen LogP contribution is 2.43. The summed E-state index contributed by atoms with van der Waals surface area (Å²) >= 11 is 0. The van der Waals surface area contributed by atoms with E-state index in [1.165, 1.54) is 11.0 Å². The topological polar surface area (TPSA) is 145 Å². The minimum Gasteiger partial charge on any atom is -0.369 e. The average Bonchev–Trinajstić information content (AvgIpc) is 2.90. The average molecular weight is 331 g/mol. The van der Waals surface area contributed by atoms with Crippen molar-refractivity contribution in [1.29, 1.82) is 0 Å². The van der Waals surface area contributed by atoms with Crippen molar-refractivity contribution in [2.24, 2.45) is 5.92 Å². The largest absolute Gasteiger partial charge is 0.369 e. The van der Waals surface area contributed by atoms with Crippen molar-refractivity contribution in [2.75, 3.05) is 28.8 Å². The maximum absolute atomic E-state index is 14.2. The first-order valence-corrected chi connectivity index (χ1v) is 8.36. The van der Waals surface area contributed by atoms with Gasteiger partial charge in [-0.15, -0.1) is 0 Å². The minimum atomic E-state index is -4.22.